The van der Waals surface area contributed by atoms with E-state index in [0.29, 0.717) is 63.1 Å². The lowest BCUT2D eigenvalue weighted by Crippen LogP contribution is -2.12. The van der Waals surface area contributed by atoms with Gasteiger partial charge in [-0.15, -0.1) is 34.0 Å². The Morgan fingerprint density at radius 1 is 0.193 bits per heavy atom. The van der Waals surface area contributed by atoms with Crippen LogP contribution >= 0.6 is 34.0 Å². The van der Waals surface area contributed by atoms with Gasteiger partial charge in [0.25, 0.3) is 0 Å². The van der Waals surface area contributed by atoms with E-state index in [2.05, 4.69) is 357 Å². The van der Waals surface area contributed by atoms with Crippen molar-refractivity contribution < 1.29 is 32.5 Å². The lowest BCUT2D eigenvalue weighted by atomic mass is 9.97. The van der Waals surface area contributed by atoms with Crippen molar-refractivity contribution in [3.63, 3.8) is 0 Å². The average Bonchev–Trinajstić information content (AvgIpc) is 1.59. The van der Waals surface area contributed by atoms with Gasteiger partial charge in [-0.1, -0.05) is 273 Å². The molecular weight excluding hydrogens is 1910 g/mol. The van der Waals surface area contributed by atoms with E-state index in [-0.39, 0.29) is 0 Å². The van der Waals surface area contributed by atoms with Crippen molar-refractivity contribution >= 4 is 194 Å². The summed E-state index contributed by atoms with van der Waals surface area (Å²) < 4.78 is 60.5. The topological polar surface area (TPSA) is 162 Å². The minimum Gasteiger partial charge on any atom is -0.459 e. The van der Waals surface area contributed by atoms with Gasteiger partial charge in [0.1, 0.15) is 55.4 Å². The summed E-state index contributed by atoms with van der Waals surface area (Å²) in [7, 11) is 0. The molecule has 17 nitrogen and oxygen atoms in total. The van der Waals surface area contributed by atoms with Crippen LogP contribution in [-0.4, -0.2) is 47.8 Å². The summed E-state index contributed by atoms with van der Waals surface area (Å²) in [6, 6.07) is 152. The molecule has 0 fully saturated rings. The van der Waals surface area contributed by atoms with Crippen LogP contribution in [0.4, 0.5) is 0 Å². The number of para-hydroxylation sites is 13. The van der Waals surface area contributed by atoms with E-state index in [1.54, 1.807) is 0 Å². The van der Waals surface area contributed by atoms with Crippen molar-refractivity contribution in [2.24, 2.45) is 0 Å². The molecule has 0 saturated heterocycles. The van der Waals surface area contributed by atoms with Gasteiger partial charge in [-0.3, -0.25) is 22.8 Å². The average molecular weight is 1990 g/mol. The van der Waals surface area contributed by atoms with E-state index in [4.69, 9.17) is 32.5 Å². The molecule has 0 spiro atoms. The molecule has 5 aliphatic rings. The van der Waals surface area contributed by atoms with Gasteiger partial charge >= 0.3 is 30.1 Å². The van der Waals surface area contributed by atoms with Gasteiger partial charge in [0.2, 0.25) is 0 Å². The Labute approximate surface area is 867 Å². The fraction of sp³-hybridized carbons (Fsp3) is 0.0385. The van der Waals surface area contributed by atoms with Gasteiger partial charge in [0.15, 0.2) is 0 Å². The molecule has 0 aliphatic carbocycles. The first-order chi connectivity index (χ1) is 74.3. The minimum absolute atomic E-state index is 0.522. The zero-order valence-electron chi connectivity index (χ0n) is 80.0. The summed E-state index contributed by atoms with van der Waals surface area (Å²) in [6.07, 6.45) is 0. The number of fused-ring (bicyclic) bond motifs is 40. The highest BCUT2D eigenvalue weighted by Crippen LogP contribution is 2.50. The van der Waals surface area contributed by atoms with Gasteiger partial charge < -0.3 is 32.5 Å². The van der Waals surface area contributed by atoms with Crippen LogP contribution in [0.5, 0.6) is 30.1 Å². The molecule has 15 heterocycles. The van der Waals surface area contributed by atoms with Gasteiger partial charge in [0.05, 0.1) is 83.6 Å². The number of aromatic nitrogens is 10. The van der Waals surface area contributed by atoms with Crippen molar-refractivity contribution in [2.75, 3.05) is 0 Å². The van der Waals surface area contributed by atoms with Crippen LogP contribution in [0.25, 0.3) is 244 Å². The quantitative estimate of drug-likeness (QED) is 0.161. The zero-order valence-corrected chi connectivity index (χ0v) is 82.5. The van der Waals surface area contributed by atoms with Crippen LogP contribution in [0.1, 0.15) is 27.8 Å². The second-order valence-corrected chi connectivity index (χ2v) is 41.4. The molecule has 0 amide bonds. The molecule has 0 radical (unpaired) electrons. The first-order valence-electron chi connectivity index (χ1n) is 50.0. The highest BCUT2D eigenvalue weighted by molar-refractivity contribution is 7.27. The lowest BCUT2D eigenvalue weighted by Gasteiger charge is -2.20. The maximum atomic E-state index is 6.26. The van der Waals surface area contributed by atoms with Crippen LogP contribution < -0.4 is 23.7 Å². The number of benzene rings is 20. The molecule has 20 aromatic carbocycles. The third-order valence-electron chi connectivity index (χ3n) is 29.6. The first-order valence-corrected chi connectivity index (χ1v) is 52.5. The number of hydrogen-bond donors (Lipinski definition) is 0. The Bertz CT molecular complexity index is 10300. The Balaban J connectivity index is 0.0000000844. The maximum absolute atomic E-state index is 6.26. The molecule has 5 aliphatic heterocycles. The summed E-state index contributed by atoms with van der Waals surface area (Å²) in [5.41, 5.74) is 37.2. The normalized spacial score (nSPS) is 12.8. The van der Waals surface area contributed by atoms with Gasteiger partial charge in [-0.2, -0.15) is 24.9 Å². The standard InChI is InChI=1S/2C26H16N2O2.3C26H16N2OS/c1-4-11-24-19(6-1)20-8-5-7-18(25(20)30-24)16-12-13-17-15-29-26-27-21-9-2-3-10-22(21)28(26)23(17)14-16;1-4-8-24-19(5-1)20-13-16(11-12-25(20)30-24)17-9-10-18-15-29-26-27-21-6-2-3-7-22(21)28(26)23(18)14-17;1-4-11-24-19(6-1)20-8-5-7-18(25(20)30-24)16-12-13-17-15-29-26-27-21-9-2-3-10-22(21)28(26)23(17)14-16;1-4-10-23-19(6-1)25-18(7-5-11-24(25)30-23)16-12-13-17-15-29-26-27-20-8-2-3-9-21(20)28(26)22(17)14-16;1-4-8-24-19(5-1)20-13-16(11-12-25(20)30-24)17-9-10-18-15-29-26-27-21-6-2-3-7-22(21)28(26)23(18)14-17/h5*1-14H,15H2. The third kappa shape index (κ3) is 14.0. The van der Waals surface area contributed by atoms with E-state index >= 15 is 0 Å². The molecule has 0 unspecified atom stereocenters. The molecule has 35 rings (SSSR count). The maximum Gasteiger partial charge on any atom is 0.302 e. The molecule has 710 valence electrons. The van der Waals surface area contributed by atoms with E-state index in [1.807, 2.05) is 149 Å². The third-order valence-corrected chi connectivity index (χ3v) is 33.1. The number of furan rings is 2. The molecule has 0 N–H and O–H groups in total. The Hall–Kier alpha value is -19.0. The van der Waals surface area contributed by atoms with Crippen molar-refractivity contribution in [1.82, 2.24) is 47.8 Å². The smallest absolute Gasteiger partial charge is 0.302 e. The molecule has 0 saturated carbocycles. The predicted molar refractivity (Wildman–Crippen MR) is 607 cm³/mol. The number of imidazole rings is 5. The second kappa shape index (κ2) is 34.3. The zero-order chi connectivity index (χ0) is 98.3. The number of hydrogen-bond acceptors (Lipinski definition) is 15. The largest absolute Gasteiger partial charge is 0.459 e. The monoisotopic (exact) mass is 1990 g/mol. The fourth-order valence-corrected chi connectivity index (χ4v) is 25.9. The lowest BCUT2D eigenvalue weighted by molar-refractivity contribution is 0.265. The van der Waals surface area contributed by atoms with Crippen LogP contribution in [0.2, 0.25) is 0 Å². The van der Waals surface area contributed by atoms with Crippen LogP contribution in [0.3, 0.4) is 0 Å². The van der Waals surface area contributed by atoms with Gasteiger partial charge in [-0.05, 0) is 202 Å². The minimum atomic E-state index is 0.522. The first kappa shape index (κ1) is 85.4. The van der Waals surface area contributed by atoms with Gasteiger partial charge in [0, 0.05) is 115 Å². The van der Waals surface area contributed by atoms with E-state index < -0.39 is 0 Å². The number of ether oxygens (including phenoxy) is 5. The summed E-state index contributed by atoms with van der Waals surface area (Å²) in [5.74, 6) is 0. The number of rotatable bonds is 5. The fourth-order valence-electron chi connectivity index (χ4n) is 22.5. The van der Waals surface area contributed by atoms with Crippen LogP contribution in [-0.2, 0) is 33.0 Å². The van der Waals surface area contributed by atoms with Crippen LogP contribution in [0.15, 0.2) is 433 Å². The van der Waals surface area contributed by atoms with Crippen molar-refractivity contribution in [2.45, 2.75) is 33.0 Å². The highest BCUT2D eigenvalue weighted by atomic mass is 32.1. The SMILES string of the molecule is c1ccc2c(c1)nc1n2-c2cc(-c3ccc4oc5ccccc5c4c3)ccc2CO1.c1ccc2c(c1)nc1n2-c2cc(-c3ccc4sc5ccccc5c4c3)ccc2CO1.c1ccc2c(c1)nc1n2-c2cc(-c3cccc4c3oc3ccccc34)ccc2CO1.c1ccc2c(c1)nc1n2-c2cc(-c3cccc4c3sc3ccccc34)ccc2CO1.c1ccc2c(c1)nc1n2-c2cc(-c3cccc4sc5ccccc5c34)ccc2CO1. The summed E-state index contributed by atoms with van der Waals surface area (Å²) in [5, 5.41) is 12.5. The predicted octanol–water partition coefficient (Wildman–Crippen LogP) is 33.8. The summed E-state index contributed by atoms with van der Waals surface area (Å²) in [4.78, 5) is 23.3. The highest BCUT2D eigenvalue weighted by Gasteiger charge is 2.31. The Kier molecular flexibility index (Phi) is 19.6. The van der Waals surface area contributed by atoms with Crippen molar-refractivity contribution in [3.8, 4) is 114 Å². The second-order valence-electron chi connectivity index (χ2n) is 38.2. The van der Waals surface area contributed by atoms with E-state index in [9.17, 15) is 0 Å². The molecule has 10 aromatic heterocycles. The number of nitrogens with zero attached hydrogens (tertiary/aromatic N) is 10. The Morgan fingerprint density at radius 3 is 0.980 bits per heavy atom. The summed E-state index contributed by atoms with van der Waals surface area (Å²) >= 11 is 5.58. The van der Waals surface area contributed by atoms with Gasteiger partial charge in [-0.25, -0.2) is 0 Å². The Morgan fingerprint density at radius 2 is 0.493 bits per heavy atom. The molecule has 0 bridgehead atoms. The molecule has 0 atom stereocenters. The molecule has 20 heteroatoms. The molecule has 150 heavy (non-hydrogen) atoms. The van der Waals surface area contributed by atoms with Crippen molar-refractivity contribution in [3.05, 3.63) is 452 Å². The summed E-state index contributed by atoms with van der Waals surface area (Å²) in [6.45, 7) is 2.70. The molecular formula is C130H80N10O7S3. The molecule has 30 aromatic rings. The van der Waals surface area contributed by atoms with Crippen molar-refractivity contribution in [1.29, 1.82) is 0 Å². The number of thiophene rings is 3. The van der Waals surface area contributed by atoms with E-state index in [0.717, 1.165) is 161 Å². The van der Waals surface area contributed by atoms with Crippen LogP contribution in [0, 0.1) is 0 Å². The van der Waals surface area contributed by atoms with E-state index in [1.165, 1.54) is 111 Å².